The van der Waals surface area contributed by atoms with Crippen LogP contribution in [-0.4, -0.2) is 22.7 Å². The first-order valence-corrected chi connectivity index (χ1v) is 18.4. The van der Waals surface area contributed by atoms with Crippen molar-refractivity contribution in [2.24, 2.45) is 0 Å². The quantitative estimate of drug-likeness (QED) is 0.0892. The van der Waals surface area contributed by atoms with Crippen LogP contribution in [0.1, 0.15) is 26.7 Å². The minimum absolute atomic E-state index is 0.0332. The molecule has 0 bridgehead atoms. The number of benzene rings is 6. The van der Waals surface area contributed by atoms with Gasteiger partial charge < -0.3 is 20.4 Å². The molecule has 0 aliphatic heterocycles. The maximum atomic E-state index is 13.8. The maximum Gasteiger partial charge on any atom is 0.272 e. The summed E-state index contributed by atoms with van der Waals surface area (Å²) in [6, 6.07) is 45.1. The summed E-state index contributed by atoms with van der Waals surface area (Å²) in [4.78, 5) is 45.8. The number of aromatic nitrogens is 1. The first kappa shape index (κ1) is 36.2. The molecule has 0 saturated carbocycles. The number of amides is 3. The molecular weight excluding hydrogens is 739 g/mol. The van der Waals surface area contributed by atoms with Gasteiger partial charge >= 0.3 is 0 Å². The van der Waals surface area contributed by atoms with Crippen LogP contribution in [0.4, 0.5) is 11.4 Å². The Hall–Kier alpha value is -6.13. The van der Waals surface area contributed by atoms with Crippen LogP contribution in [-0.2, 0) is 9.59 Å². The number of anilines is 2. The number of rotatable bonds is 11. The van der Waals surface area contributed by atoms with Crippen molar-refractivity contribution >= 4 is 81.2 Å². The Labute approximate surface area is 325 Å². The number of fused-ring (bicyclic) bond motifs is 1. The Morgan fingerprint density at radius 1 is 0.685 bits per heavy atom. The molecular formula is C43H30Cl2N4O4S. The van der Waals surface area contributed by atoms with E-state index in [1.807, 2.05) is 91.0 Å². The van der Waals surface area contributed by atoms with E-state index in [9.17, 15) is 14.4 Å². The summed E-state index contributed by atoms with van der Waals surface area (Å²) in [5, 5.41) is 8.56. The van der Waals surface area contributed by atoms with Gasteiger partial charge in [-0.3, -0.25) is 14.4 Å². The number of nitrogens with one attached hydrogen (secondary N) is 3. The van der Waals surface area contributed by atoms with Gasteiger partial charge in [0.2, 0.25) is 11.8 Å². The molecule has 3 N–H and O–H groups in total. The van der Waals surface area contributed by atoms with Gasteiger partial charge in [-0.05, 0) is 96.1 Å². The Morgan fingerprint density at radius 2 is 1.33 bits per heavy atom. The first-order chi connectivity index (χ1) is 26.3. The summed E-state index contributed by atoms with van der Waals surface area (Å²) in [6.45, 7) is 0. The smallest absolute Gasteiger partial charge is 0.272 e. The molecule has 0 radical (unpaired) electrons. The van der Waals surface area contributed by atoms with E-state index in [4.69, 9.17) is 27.6 Å². The van der Waals surface area contributed by atoms with Crippen LogP contribution < -0.4 is 16.0 Å². The topological polar surface area (TPSA) is 113 Å². The second-order valence-corrected chi connectivity index (χ2v) is 13.9. The standard InChI is InChI=1S/C43H30Cl2N4O4S/c44-34-15-9-14-30(38(34)45)26-36(48-40(50)28-12-5-2-6-13-28)41(51)46-32-22-24-33(25-23-32)54-39(27-10-3-1-4-11-27)42(52)47-31-20-18-29(19-21-31)43-49-35-16-7-8-17-37(35)53-43/h1-26,39H,(H,46,51)(H,47,52)(H,48,50)/b36-26-. The van der Waals surface area contributed by atoms with E-state index in [1.165, 1.54) is 17.8 Å². The molecule has 0 saturated heterocycles. The highest BCUT2D eigenvalue weighted by molar-refractivity contribution is 8.00. The monoisotopic (exact) mass is 768 g/mol. The highest BCUT2D eigenvalue weighted by atomic mass is 35.5. The van der Waals surface area contributed by atoms with Crippen molar-refractivity contribution in [3.05, 3.63) is 184 Å². The molecule has 1 heterocycles. The summed E-state index contributed by atoms with van der Waals surface area (Å²) in [5.41, 5.74) is 5.00. The second kappa shape index (κ2) is 16.7. The molecule has 0 fully saturated rings. The lowest BCUT2D eigenvalue weighted by Crippen LogP contribution is -2.30. The Balaban J connectivity index is 1.06. The van der Waals surface area contributed by atoms with E-state index in [1.54, 1.807) is 60.7 Å². The summed E-state index contributed by atoms with van der Waals surface area (Å²) >= 11 is 14.0. The van der Waals surface area contributed by atoms with E-state index in [2.05, 4.69) is 20.9 Å². The van der Waals surface area contributed by atoms with Gasteiger partial charge in [-0.1, -0.05) is 96.0 Å². The van der Waals surface area contributed by atoms with Crippen LogP contribution in [0.25, 0.3) is 28.6 Å². The van der Waals surface area contributed by atoms with Gasteiger partial charge in [-0.25, -0.2) is 4.98 Å². The first-order valence-electron chi connectivity index (χ1n) is 16.7. The van der Waals surface area contributed by atoms with Crippen molar-refractivity contribution in [1.82, 2.24) is 10.3 Å². The van der Waals surface area contributed by atoms with E-state index >= 15 is 0 Å². The SMILES string of the molecule is O=C(Nc1ccc(SC(C(=O)Nc2ccc(-c3nc4ccccc4o3)cc2)c2ccccc2)cc1)/C(=C/c1cccc(Cl)c1Cl)NC(=O)c1ccccc1. The van der Waals surface area contributed by atoms with Crippen molar-refractivity contribution in [2.45, 2.75) is 10.1 Å². The molecule has 8 nitrogen and oxygen atoms in total. The summed E-state index contributed by atoms with van der Waals surface area (Å²) < 4.78 is 5.89. The normalized spacial score (nSPS) is 11.9. The van der Waals surface area contributed by atoms with Gasteiger partial charge in [-0.2, -0.15) is 0 Å². The third-order valence-electron chi connectivity index (χ3n) is 8.21. The molecule has 0 aliphatic rings. The van der Waals surface area contributed by atoms with E-state index in [0.717, 1.165) is 21.5 Å². The third kappa shape index (κ3) is 8.73. The molecule has 266 valence electrons. The molecule has 1 unspecified atom stereocenters. The lowest BCUT2D eigenvalue weighted by Gasteiger charge is -2.18. The summed E-state index contributed by atoms with van der Waals surface area (Å²) in [7, 11) is 0. The molecule has 11 heteroatoms. The van der Waals surface area contributed by atoms with Gasteiger partial charge in [0.25, 0.3) is 11.8 Å². The molecule has 6 aromatic carbocycles. The second-order valence-electron chi connectivity index (χ2n) is 12.0. The zero-order valence-electron chi connectivity index (χ0n) is 28.3. The summed E-state index contributed by atoms with van der Waals surface area (Å²) in [6.07, 6.45) is 1.47. The van der Waals surface area contributed by atoms with E-state index < -0.39 is 17.1 Å². The molecule has 54 heavy (non-hydrogen) atoms. The van der Waals surface area contributed by atoms with E-state index in [-0.39, 0.29) is 16.6 Å². The minimum Gasteiger partial charge on any atom is -0.436 e. The van der Waals surface area contributed by atoms with Gasteiger partial charge in [-0.15, -0.1) is 11.8 Å². The van der Waals surface area contributed by atoms with Gasteiger partial charge in [0.05, 0.1) is 10.0 Å². The Bertz CT molecular complexity index is 2440. The van der Waals surface area contributed by atoms with Crippen LogP contribution in [0, 0.1) is 0 Å². The van der Waals surface area contributed by atoms with Crippen LogP contribution in [0.15, 0.2) is 167 Å². The minimum atomic E-state index is -0.589. The van der Waals surface area contributed by atoms with Crippen LogP contribution >= 0.6 is 35.0 Å². The van der Waals surface area contributed by atoms with Crippen LogP contribution in [0.2, 0.25) is 10.0 Å². The number of halogens is 2. The Kier molecular flexibility index (Phi) is 11.2. The molecule has 7 aromatic rings. The number of oxazole rings is 1. The van der Waals surface area contributed by atoms with Crippen LogP contribution in [0.3, 0.4) is 0 Å². The van der Waals surface area contributed by atoms with Crippen molar-refractivity contribution < 1.29 is 18.8 Å². The largest absolute Gasteiger partial charge is 0.436 e. The van der Waals surface area contributed by atoms with Gasteiger partial charge in [0.1, 0.15) is 16.5 Å². The van der Waals surface area contributed by atoms with Crippen molar-refractivity contribution in [3.8, 4) is 11.5 Å². The average Bonchev–Trinajstić information content (AvgIpc) is 3.64. The van der Waals surface area contributed by atoms with Gasteiger partial charge in [0, 0.05) is 27.4 Å². The highest BCUT2D eigenvalue weighted by Gasteiger charge is 2.23. The molecule has 0 aliphatic carbocycles. The average molecular weight is 770 g/mol. The zero-order chi connectivity index (χ0) is 37.4. The number of carbonyl (C=O) groups is 3. The fourth-order valence-corrected chi connectivity index (χ4v) is 6.87. The number of para-hydroxylation sites is 2. The number of hydrogen-bond donors (Lipinski definition) is 3. The highest BCUT2D eigenvalue weighted by Crippen LogP contribution is 2.37. The summed E-state index contributed by atoms with van der Waals surface area (Å²) in [5.74, 6) is -0.742. The molecule has 1 atom stereocenters. The van der Waals surface area contributed by atoms with Gasteiger partial charge in [0.15, 0.2) is 5.58 Å². The fraction of sp³-hybridized carbons (Fsp3) is 0.0233. The molecule has 0 spiro atoms. The predicted molar refractivity (Wildman–Crippen MR) is 217 cm³/mol. The third-order valence-corrected chi connectivity index (χ3v) is 10.3. The number of carbonyl (C=O) groups excluding carboxylic acids is 3. The molecule has 7 rings (SSSR count). The number of hydrogen-bond acceptors (Lipinski definition) is 6. The zero-order valence-corrected chi connectivity index (χ0v) is 30.7. The molecule has 3 amide bonds. The number of nitrogens with zero attached hydrogens (tertiary/aromatic N) is 1. The molecule has 1 aromatic heterocycles. The van der Waals surface area contributed by atoms with Crippen molar-refractivity contribution in [2.75, 3.05) is 10.6 Å². The predicted octanol–water partition coefficient (Wildman–Crippen LogP) is 10.7. The number of thioether (sulfide) groups is 1. The lowest BCUT2D eigenvalue weighted by atomic mass is 10.1. The Morgan fingerprint density at radius 3 is 2.06 bits per heavy atom. The van der Waals surface area contributed by atoms with Crippen molar-refractivity contribution in [1.29, 1.82) is 0 Å². The van der Waals surface area contributed by atoms with E-state index in [0.29, 0.717) is 39.0 Å². The maximum absolute atomic E-state index is 13.8. The van der Waals surface area contributed by atoms with Crippen LogP contribution in [0.5, 0.6) is 0 Å². The fourth-order valence-electron chi connectivity index (χ4n) is 5.48. The van der Waals surface area contributed by atoms with Crippen molar-refractivity contribution in [3.63, 3.8) is 0 Å². The lowest BCUT2D eigenvalue weighted by molar-refractivity contribution is -0.116.